The maximum absolute atomic E-state index is 6.13. The van der Waals surface area contributed by atoms with Crippen molar-refractivity contribution in [1.82, 2.24) is 0 Å². The third-order valence-electron chi connectivity index (χ3n) is 4.55. The first kappa shape index (κ1) is 14.9. The minimum absolute atomic E-state index is 0.0635. The van der Waals surface area contributed by atoms with E-state index in [9.17, 15) is 0 Å². The van der Waals surface area contributed by atoms with Crippen LogP contribution in [0.4, 0.5) is 5.69 Å². The average Bonchev–Trinajstić information content (AvgIpc) is 2.77. The maximum atomic E-state index is 6.13. The number of rotatable bonds is 0. The zero-order valence-electron chi connectivity index (χ0n) is 13.9. The smallest absolute Gasteiger partial charge is 0.150 e. The molecule has 0 unspecified atom stereocenters. The minimum atomic E-state index is -0.0635. The molecular weight excluding hydrogens is 294 g/mol. The number of anilines is 1. The van der Waals surface area contributed by atoms with Crippen LogP contribution in [0.5, 0.6) is 11.5 Å². The van der Waals surface area contributed by atoms with E-state index in [1.54, 1.807) is 0 Å². The average molecular weight is 315 g/mol. The predicted octanol–water partition coefficient (Wildman–Crippen LogP) is 5.76. The molecule has 2 aromatic carbocycles. The van der Waals surface area contributed by atoms with Gasteiger partial charge in [0.25, 0.3) is 0 Å². The van der Waals surface area contributed by atoms with Gasteiger partial charge in [-0.15, -0.1) is 0 Å². The molecule has 24 heavy (non-hydrogen) atoms. The summed E-state index contributed by atoms with van der Waals surface area (Å²) in [5.41, 5.74) is 4.59. The van der Waals surface area contributed by atoms with Crippen LogP contribution in [0.2, 0.25) is 0 Å². The molecule has 2 nitrogen and oxygen atoms in total. The highest BCUT2D eigenvalue weighted by molar-refractivity contribution is 5.64. The van der Waals surface area contributed by atoms with E-state index >= 15 is 0 Å². The lowest BCUT2D eigenvalue weighted by atomic mass is 9.98. The van der Waals surface area contributed by atoms with E-state index in [1.807, 2.05) is 30.3 Å². The molecule has 120 valence electrons. The van der Waals surface area contributed by atoms with Crippen molar-refractivity contribution in [3.8, 4) is 23.3 Å². The molecule has 0 aromatic heterocycles. The zero-order chi connectivity index (χ0) is 16.4. The number of hydrogen-bond acceptors (Lipinski definition) is 2. The Morgan fingerprint density at radius 3 is 2.88 bits per heavy atom. The first-order valence-electron chi connectivity index (χ1n) is 8.64. The molecule has 1 aliphatic heterocycles. The van der Waals surface area contributed by atoms with Gasteiger partial charge in [-0.25, -0.2) is 0 Å². The van der Waals surface area contributed by atoms with Crippen molar-refractivity contribution in [2.45, 2.75) is 38.6 Å². The summed E-state index contributed by atoms with van der Waals surface area (Å²) in [6.45, 7) is 2.10. The number of allylic oxidation sites excluding steroid dienone is 2. The SMILES string of the molecule is Cc1ccc2c(c1)[C@@H](C#CC1=CCCCC1)Nc1ccccc1O2. The van der Waals surface area contributed by atoms with Gasteiger partial charge in [-0.3, -0.25) is 0 Å². The van der Waals surface area contributed by atoms with Crippen LogP contribution in [0, 0.1) is 18.8 Å². The Kier molecular flexibility index (Phi) is 4.01. The third-order valence-corrected chi connectivity index (χ3v) is 4.55. The summed E-state index contributed by atoms with van der Waals surface area (Å²) in [5, 5.41) is 3.56. The van der Waals surface area contributed by atoms with Gasteiger partial charge < -0.3 is 10.1 Å². The van der Waals surface area contributed by atoms with Gasteiger partial charge in [0.05, 0.1) is 5.69 Å². The van der Waals surface area contributed by atoms with Gasteiger partial charge in [0.1, 0.15) is 11.8 Å². The van der Waals surface area contributed by atoms with E-state index < -0.39 is 0 Å². The maximum Gasteiger partial charge on any atom is 0.150 e. The fourth-order valence-corrected chi connectivity index (χ4v) is 3.24. The topological polar surface area (TPSA) is 21.3 Å². The van der Waals surface area contributed by atoms with Crippen LogP contribution >= 0.6 is 0 Å². The number of para-hydroxylation sites is 2. The number of aryl methyl sites for hydroxylation is 1. The van der Waals surface area contributed by atoms with Gasteiger partial charge in [0.15, 0.2) is 5.75 Å². The molecule has 0 amide bonds. The number of fused-ring (bicyclic) bond motifs is 2. The Hall–Kier alpha value is -2.66. The molecule has 0 fully saturated rings. The first-order valence-corrected chi connectivity index (χ1v) is 8.64. The van der Waals surface area contributed by atoms with Crippen molar-refractivity contribution in [2.24, 2.45) is 0 Å². The van der Waals surface area contributed by atoms with Crippen LogP contribution in [-0.4, -0.2) is 0 Å². The number of hydrogen-bond donors (Lipinski definition) is 1. The number of nitrogens with one attached hydrogen (secondary N) is 1. The van der Waals surface area contributed by atoms with E-state index in [1.165, 1.54) is 24.0 Å². The van der Waals surface area contributed by atoms with E-state index in [0.717, 1.165) is 35.6 Å². The minimum Gasteiger partial charge on any atom is -0.455 e. The molecule has 1 aliphatic carbocycles. The Bertz CT molecular complexity index is 854. The van der Waals surface area contributed by atoms with Crippen molar-refractivity contribution in [2.75, 3.05) is 5.32 Å². The number of ether oxygens (including phenoxy) is 1. The van der Waals surface area contributed by atoms with Crippen LogP contribution in [0.3, 0.4) is 0 Å². The summed E-state index contributed by atoms with van der Waals surface area (Å²) in [6, 6.07) is 14.3. The van der Waals surface area contributed by atoms with Gasteiger partial charge in [0, 0.05) is 5.56 Å². The van der Waals surface area contributed by atoms with E-state index in [4.69, 9.17) is 4.74 Å². The van der Waals surface area contributed by atoms with Gasteiger partial charge in [-0.05, 0) is 62.4 Å². The molecule has 2 heteroatoms. The second-order valence-corrected chi connectivity index (χ2v) is 6.46. The van der Waals surface area contributed by atoms with Crippen molar-refractivity contribution in [3.05, 3.63) is 65.2 Å². The molecule has 4 rings (SSSR count). The second kappa shape index (κ2) is 6.45. The molecule has 0 saturated heterocycles. The first-order chi connectivity index (χ1) is 11.8. The van der Waals surface area contributed by atoms with Crippen LogP contribution in [0.1, 0.15) is 42.9 Å². The predicted molar refractivity (Wildman–Crippen MR) is 98.4 cm³/mol. The number of benzene rings is 2. The van der Waals surface area contributed by atoms with E-state index in [0.29, 0.717) is 0 Å². The molecule has 2 aliphatic rings. The summed E-state index contributed by atoms with van der Waals surface area (Å²) in [5.74, 6) is 8.58. The summed E-state index contributed by atoms with van der Waals surface area (Å²) in [7, 11) is 0. The quantitative estimate of drug-likeness (QED) is 0.624. The van der Waals surface area contributed by atoms with Crippen molar-refractivity contribution in [1.29, 1.82) is 0 Å². The van der Waals surface area contributed by atoms with Crippen LogP contribution in [-0.2, 0) is 0 Å². The molecule has 0 radical (unpaired) electrons. The fourth-order valence-electron chi connectivity index (χ4n) is 3.24. The van der Waals surface area contributed by atoms with Gasteiger partial charge in [0.2, 0.25) is 0 Å². The second-order valence-electron chi connectivity index (χ2n) is 6.46. The van der Waals surface area contributed by atoms with Crippen molar-refractivity contribution in [3.63, 3.8) is 0 Å². The van der Waals surface area contributed by atoms with Crippen molar-refractivity contribution < 1.29 is 4.74 Å². The molecular formula is C22H21NO. The van der Waals surface area contributed by atoms with Crippen molar-refractivity contribution >= 4 is 5.69 Å². The molecule has 2 aromatic rings. The highest BCUT2D eigenvalue weighted by atomic mass is 16.5. The molecule has 0 saturated carbocycles. The standard InChI is InChI=1S/C22H21NO/c1-16-11-14-21-18(15-16)19(13-12-17-7-3-2-4-8-17)23-20-9-5-6-10-22(20)24-21/h5-7,9-11,14-15,19,23H,2-4,8H2,1H3/t19-/m1/s1. The lowest BCUT2D eigenvalue weighted by Crippen LogP contribution is -2.07. The lowest BCUT2D eigenvalue weighted by molar-refractivity contribution is 0.483. The van der Waals surface area contributed by atoms with Crippen LogP contribution in [0.25, 0.3) is 0 Å². The van der Waals surface area contributed by atoms with E-state index in [-0.39, 0.29) is 6.04 Å². The molecule has 1 atom stereocenters. The van der Waals surface area contributed by atoms with Crippen LogP contribution < -0.4 is 10.1 Å². The monoisotopic (exact) mass is 315 g/mol. The summed E-state index contributed by atoms with van der Waals surface area (Å²) in [4.78, 5) is 0. The highest BCUT2D eigenvalue weighted by Crippen LogP contribution is 2.40. The summed E-state index contributed by atoms with van der Waals surface area (Å²) >= 11 is 0. The molecule has 0 spiro atoms. The lowest BCUT2D eigenvalue weighted by Gasteiger charge is -2.14. The van der Waals surface area contributed by atoms with E-state index in [2.05, 4.69) is 42.3 Å². The van der Waals surface area contributed by atoms with Gasteiger partial charge in [-0.2, -0.15) is 0 Å². The van der Waals surface area contributed by atoms with Gasteiger partial charge in [-0.1, -0.05) is 41.7 Å². The summed E-state index contributed by atoms with van der Waals surface area (Å²) in [6.07, 6.45) is 7.09. The normalized spacial score (nSPS) is 18.5. The summed E-state index contributed by atoms with van der Waals surface area (Å²) < 4.78 is 6.13. The third kappa shape index (κ3) is 3.03. The Morgan fingerprint density at radius 1 is 1.08 bits per heavy atom. The van der Waals surface area contributed by atoms with Crippen LogP contribution in [0.15, 0.2) is 54.1 Å². The largest absolute Gasteiger partial charge is 0.455 e. The molecule has 1 N–H and O–H groups in total. The zero-order valence-corrected chi connectivity index (χ0v) is 13.9. The van der Waals surface area contributed by atoms with Gasteiger partial charge >= 0.3 is 0 Å². The molecule has 1 heterocycles. The fraction of sp³-hybridized carbons (Fsp3) is 0.273. The highest BCUT2D eigenvalue weighted by Gasteiger charge is 2.21. The Balaban J connectivity index is 1.76. The Morgan fingerprint density at radius 2 is 2.00 bits per heavy atom. The molecule has 0 bridgehead atoms. The Labute approximate surface area is 143 Å².